The monoisotopic (exact) mass is 184 g/mol. The Kier molecular flexibility index (Phi) is 7.97. The van der Waals surface area contributed by atoms with Gasteiger partial charge in [0.1, 0.15) is 0 Å². The van der Waals surface area contributed by atoms with Crippen LogP contribution in [0.1, 0.15) is 0 Å². The molecular weight excluding hydrogens is 171 g/mol. The van der Waals surface area contributed by atoms with E-state index in [1.807, 2.05) is 0 Å². The Labute approximate surface area is 106 Å². The van der Waals surface area contributed by atoms with Gasteiger partial charge in [-0.2, -0.15) is 0 Å². The Bertz CT molecular complexity index is 117. The van der Waals surface area contributed by atoms with E-state index in [0.717, 1.165) is 0 Å². The van der Waals surface area contributed by atoms with Crippen LogP contribution < -0.4 is 56.5 Å². The van der Waals surface area contributed by atoms with E-state index in [-0.39, 0.29) is 57.3 Å². The molecule has 4 heteroatoms. The van der Waals surface area contributed by atoms with Crippen molar-refractivity contribution in [3.63, 3.8) is 0 Å². The zero-order valence-corrected chi connectivity index (χ0v) is 11.5. The van der Waals surface area contributed by atoms with Crippen LogP contribution in [0.4, 0.5) is 0 Å². The van der Waals surface area contributed by atoms with E-state index in [9.17, 15) is 5.11 Å². The molecule has 0 radical (unpaired) electrons. The maximum atomic E-state index is 10.6. The van der Waals surface area contributed by atoms with Gasteiger partial charge in [0.25, 0.3) is 0 Å². The molecule has 0 N–H and O–H groups in total. The predicted octanol–water partition coefficient (Wildman–Crippen LogP) is -2.28. The average molecular weight is 184 g/mol. The van der Waals surface area contributed by atoms with Crippen molar-refractivity contribution in [2.75, 3.05) is 7.11 Å². The number of hydrogen-bond donors (Lipinski definition) is 0. The quantitative estimate of drug-likeness (QED) is 0.358. The van der Waals surface area contributed by atoms with Gasteiger partial charge in [-0.3, -0.25) is 0 Å². The Morgan fingerprint density at radius 3 is 1.90 bits per heavy atom. The minimum atomic E-state index is -1.34. The molecule has 0 bridgehead atoms. The molecule has 0 heterocycles. The van der Waals surface area contributed by atoms with E-state index in [1.165, 1.54) is 7.11 Å². The second-order valence-electron chi connectivity index (χ2n) is 3.03. The Hall–Kier alpha value is 1.19. The standard InChI is InChI=1S/C6H14O2Si.K/c1-8-6(7)5-9(2,3)4;/h5,7H,1-4H3;/q;+1/p-1/b6-5+;. The summed E-state index contributed by atoms with van der Waals surface area (Å²) >= 11 is 0. The normalized spacial score (nSPS) is 12.2. The van der Waals surface area contributed by atoms with Gasteiger partial charge >= 0.3 is 51.4 Å². The SMILES string of the molecule is CO/C([O-])=C/[Si](C)(C)C.[K+]. The third-order valence-electron chi connectivity index (χ3n) is 0.752. The van der Waals surface area contributed by atoms with Crippen LogP contribution in [-0.2, 0) is 4.74 Å². The molecule has 0 aliphatic carbocycles. The number of hydrogen-bond acceptors (Lipinski definition) is 2. The summed E-state index contributed by atoms with van der Waals surface area (Å²) in [5, 5.41) is 10.6. The van der Waals surface area contributed by atoms with Crippen molar-refractivity contribution in [2.45, 2.75) is 19.6 Å². The van der Waals surface area contributed by atoms with Crippen LogP contribution in [0.2, 0.25) is 19.6 Å². The van der Waals surface area contributed by atoms with Gasteiger partial charge in [-0.15, -0.1) is 0 Å². The molecular formula is C6H13KO2Si. The fourth-order valence-corrected chi connectivity index (χ4v) is 1.24. The van der Waals surface area contributed by atoms with Gasteiger partial charge in [-0.05, 0) is 7.11 Å². The molecule has 0 amide bonds. The summed E-state index contributed by atoms with van der Waals surface area (Å²) in [6, 6.07) is 0. The number of rotatable bonds is 2. The zero-order valence-electron chi connectivity index (χ0n) is 7.39. The first-order valence-corrected chi connectivity index (χ1v) is 6.47. The molecule has 0 aromatic heterocycles. The van der Waals surface area contributed by atoms with Gasteiger partial charge in [0.15, 0.2) is 0 Å². The summed E-state index contributed by atoms with van der Waals surface area (Å²) < 4.78 is 4.47. The minimum absolute atomic E-state index is 0. The van der Waals surface area contributed by atoms with Crippen LogP contribution in [0.25, 0.3) is 0 Å². The molecule has 0 aromatic rings. The summed E-state index contributed by atoms with van der Waals surface area (Å²) in [5.74, 6) is -0.200. The summed E-state index contributed by atoms with van der Waals surface area (Å²) in [6.07, 6.45) is 0. The molecule has 0 aliphatic heterocycles. The summed E-state index contributed by atoms with van der Waals surface area (Å²) in [4.78, 5) is 0. The van der Waals surface area contributed by atoms with E-state index in [0.29, 0.717) is 0 Å². The third-order valence-corrected chi connectivity index (χ3v) is 1.85. The molecule has 0 saturated heterocycles. The van der Waals surface area contributed by atoms with Crippen molar-refractivity contribution < 1.29 is 61.2 Å². The van der Waals surface area contributed by atoms with Crippen LogP contribution in [0.15, 0.2) is 11.6 Å². The van der Waals surface area contributed by atoms with Crippen molar-refractivity contribution in [3.05, 3.63) is 11.6 Å². The van der Waals surface area contributed by atoms with Crippen molar-refractivity contribution in [2.24, 2.45) is 0 Å². The van der Waals surface area contributed by atoms with Crippen molar-refractivity contribution >= 4 is 8.07 Å². The predicted molar refractivity (Wildman–Crippen MR) is 38.4 cm³/mol. The van der Waals surface area contributed by atoms with Gasteiger partial charge in [-0.1, -0.05) is 25.3 Å². The van der Waals surface area contributed by atoms with Crippen molar-refractivity contribution in [1.29, 1.82) is 0 Å². The van der Waals surface area contributed by atoms with Gasteiger partial charge in [0.2, 0.25) is 0 Å². The van der Waals surface area contributed by atoms with E-state index < -0.39 is 8.07 Å². The van der Waals surface area contributed by atoms with Crippen LogP contribution in [-0.4, -0.2) is 15.2 Å². The third kappa shape index (κ3) is 9.19. The van der Waals surface area contributed by atoms with Gasteiger partial charge in [0, 0.05) is 5.95 Å². The van der Waals surface area contributed by atoms with Crippen molar-refractivity contribution in [1.82, 2.24) is 0 Å². The van der Waals surface area contributed by atoms with E-state index >= 15 is 0 Å². The minimum Gasteiger partial charge on any atom is -0.617 e. The maximum absolute atomic E-state index is 10.6. The molecule has 54 valence electrons. The molecule has 0 saturated carbocycles. The van der Waals surface area contributed by atoms with Crippen LogP contribution >= 0.6 is 0 Å². The topological polar surface area (TPSA) is 32.3 Å². The molecule has 0 aromatic carbocycles. The molecule has 2 nitrogen and oxygen atoms in total. The molecule has 0 spiro atoms. The first-order valence-electron chi connectivity index (χ1n) is 2.89. The number of ether oxygens (including phenoxy) is 1. The molecule has 0 aliphatic rings. The van der Waals surface area contributed by atoms with Crippen LogP contribution in [0.3, 0.4) is 0 Å². The van der Waals surface area contributed by atoms with Gasteiger partial charge < -0.3 is 9.84 Å². The second kappa shape index (κ2) is 5.79. The molecule has 0 rings (SSSR count). The van der Waals surface area contributed by atoms with Crippen LogP contribution in [0, 0.1) is 0 Å². The molecule has 10 heavy (non-hydrogen) atoms. The smallest absolute Gasteiger partial charge is 0.617 e. The average Bonchev–Trinajstić information content (AvgIpc) is 1.62. The largest absolute Gasteiger partial charge is 1.00 e. The first-order chi connectivity index (χ1) is 3.95. The second-order valence-corrected chi connectivity index (χ2v) is 8.05. The number of methoxy groups -OCH3 is 1. The molecule has 0 fully saturated rings. The van der Waals surface area contributed by atoms with Crippen molar-refractivity contribution in [3.8, 4) is 0 Å². The Morgan fingerprint density at radius 1 is 1.40 bits per heavy atom. The summed E-state index contributed by atoms with van der Waals surface area (Å²) in [6.45, 7) is 6.26. The fourth-order valence-electron chi connectivity index (χ4n) is 0.412. The summed E-state index contributed by atoms with van der Waals surface area (Å²) in [7, 11) is 0.0610. The van der Waals surface area contributed by atoms with E-state index in [4.69, 9.17) is 0 Å². The maximum Gasteiger partial charge on any atom is 1.00 e. The Morgan fingerprint density at radius 2 is 1.80 bits per heavy atom. The Balaban J connectivity index is 0. The van der Waals surface area contributed by atoms with Crippen LogP contribution in [0.5, 0.6) is 0 Å². The van der Waals surface area contributed by atoms with E-state index in [1.54, 1.807) is 5.70 Å². The fraction of sp³-hybridized carbons (Fsp3) is 0.667. The van der Waals surface area contributed by atoms with E-state index in [2.05, 4.69) is 24.4 Å². The van der Waals surface area contributed by atoms with Gasteiger partial charge in [-0.25, -0.2) is 0 Å². The van der Waals surface area contributed by atoms with Gasteiger partial charge in [0.05, 0.1) is 8.07 Å². The first kappa shape index (κ1) is 13.8. The molecule has 0 unspecified atom stereocenters. The zero-order chi connectivity index (χ0) is 7.49. The summed E-state index contributed by atoms with van der Waals surface area (Å²) in [5.41, 5.74) is 1.69. The molecule has 0 atom stereocenters.